The molecule has 2 aromatic heterocycles. The van der Waals surface area contributed by atoms with Crippen LogP contribution >= 0.6 is 11.3 Å². The first-order chi connectivity index (χ1) is 16.8. The van der Waals surface area contributed by atoms with Gasteiger partial charge in [0.05, 0.1) is 0 Å². The highest BCUT2D eigenvalue weighted by molar-refractivity contribution is 7.20. The highest BCUT2D eigenvalue weighted by Crippen LogP contribution is 2.36. The van der Waals surface area contributed by atoms with Gasteiger partial charge in [-0.3, -0.25) is 9.78 Å². The number of aryl methyl sites for hydroxylation is 2. The van der Waals surface area contributed by atoms with Gasteiger partial charge in [0, 0.05) is 51.6 Å². The molecule has 0 saturated heterocycles. The fraction of sp³-hybridized carbons (Fsp3) is 0.393. The zero-order valence-electron chi connectivity index (χ0n) is 20.9. The summed E-state index contributed by atoms with van der Waals surface area (Å²) in [6.45, 7) is 4.20. The van der Waals surface area contributed by atoms with Gasteiger partial charge in [-0.25, -0.2) is 10.0 Å². The lowest BCUT2D eigenvalue weighted by atomic mass is 10.0. The maximum absolute atomic E-state index is 12.6. The average molecular weight is 495 g/mol. The van der Waals surface area contributed by atoms with E-state index in [0.717, 1.165) is 59.9 Å². The molecule has 35 heavy (non-hydrogen) atoms. The number of nitrogens with zero attached hydrogens (tertiary/aromatic N) is 2. The van der Waals surface area contributed by atoms with E-state index in [9.17, 15) is 14.8 Å². The number of nitrogens with one attached hydrogen (secondary N) is 1. The van der Waals surface area contributed by atoms with Crippen LogP contribution in [0.15, 0.2) is 48.8 Å². The highest BCUT2D eigenvalue weighted by atomic mass is 32.1. The lowest BCUT2D eigenvalue weighted by Crippen LogP contribution is -2.39. The lowest BCUT2D eigenvalue weighted by molar-refractivity contribution is -0.141. The lowest BCUT2D eigenvalue weighted by Gasteiger charge is -2.16. The number of hydroxylamine groups is 2. The molecule has 186 valence electrons. The largest absolute Gasteiger partial charge is 0.350 e. The van der Waals surface area contributed by atoms with Gasteiger partial charge in [0.15, 0.2) is 5.69 Å². The number of aromatic nitrogens is 1. The molecule has 6 nitrogen and oxygen atoms in total. The molecule has 0 bridgehead atoms. The Morgan fingerprint density at radius 2 is 2.06 bits per heavy atom. The number of rotatable bonds is 13. The molecule has 0 radical (unpaired) electrons. The molecule has 3 aromatic rings. The van der Waals surface area contributed by atoms with E-state index < -0.39 is 4.65 Å². The van der Waals surface area contributed by atoms with E-state index in [1.54, 1.807) is 29.7 Å². The van der Waals surface area contributed by atoms with Crippen molar-refractivity contribution >= 4 is 45.5 Å². The van der Waals surface area contributed by atoms with Crippen LogP contribution in [-0.2, 0) is 22.4 Å². The summed E-state index contributed by atoms with van der Waals surface area (Å²) < 4.78 is 0.266. The van der Waals surface area contributed by atoms with Crippen LogP contribution in [0.3, 0.4) is 0 Å². The summed E-state index contributed by atoms with van der Waals surface area (Å²) in [4.78, 5) is 29.1. The molecule has 1 aromatic carbocycles. The van der Waals surface area contributed by atoms with E-state index in [1.165, 1.54) is 18.2 Å². The number of benzene rings is 1. The summed E-state index contributed by atoms with van der Waals surface area (Å²) in [6.07, 6.45) is 14.7. The maximum Gasteiger partial charge on any atom is 0.338 e. The molecule has 0 spiro atoms. The van der Waals surface area contributed by atoms with Crippen molar-refractivity contribution in [1.82, 2.24) is 14.9 Å². The molecule has 0 aliphatic heterocycles. The van der Waals surface area contributed by atoms with Gasteiger partial charge in [-0.15, -0.1) is 11.3 Å². The third kappa shape index (κ3) is 7.56. The molecule has 7 heteroatoms. The van der Waals surface area contributed by atoms with E-state index in [-0.39, 0.29) is 11.9 Å². The average Bonchev–Trinajstić information content (AvgIpc) is 3.20. The standard InChI is InChI=1S/C28H35N3O3S/c1-4-5-6-12-24-25-18-23(31(3,34)20-32)13-14-27(25)35-26(24)15-16-28(33)30-21(2)9-7-10-22-11-8-17-29-19-22/h8,11,13-21,34H,4-7,9-10,12H2,1-3H3/p+1/b16-15+/t21?,31-/m0/s1. The first-order valence-corrected chi connectivity index (χ1v) is 13.1. The summed E-state index contributed by atoms with van der Waals surface area (Å²) in [7, 11) is 1.44. The van der Waals surface area contributed by atoms with Gasteiger partial charge in [0.2, 0.25) is 5.91 Å². The summed E-state index contributed by atoms with van der Waals surface area (Å²) in [5.41, 5.74) is 2.90. The van der Waals surface area contributed by atoms with Crippen molar-refractivity contribution in [3.63, 3.8) is 0 Å². The predicted octanol–water partition coefficient (Wildman–Crippen LogP) is 6.05. The monoisotopic (exact) mass is 494 g/mol. The van der Waals surface area contributed by atoms with Crippen LogP contribution in [-0.4, -0.2) is 35.6 Å². The maximum atomic E-state index is 12.6. The summed E-state index contributed by atoms with van der Waals surface area (Å²) in [5, 5.41) is 14.5. The minimum Gasteiger partial charge on any atom is -0.350 e. The number of hydrogen-bond donors (Lipinski definition) is 2. The van der Waals surface area contributed by atoms with E-state index in [0.29, 0.717) is 12.1 Å². The fourth-order valence-electron chi connectivity index (χ4n) is 4.12. The number of quaternary nitrogens is 1. The molecular formula is C28H36N3O3S+. The fourth-order valence-corrected chi connectivity index (χ4v) is 5.25. The van der Waals surface area contributed by atoms with Crippen molar-refractivity contribution in [1.29, 1.82) is 0 Å². The number of carbonyl (C=O) groups is 2. The van der Waals surface area contributed by atoms with Gasteiger partial charge in [0.25, 0.3) is 0 Å². The van der Waals surface area contributed by atoms with Crippen LogP contribution in [0.1, 0.15) is 62.0 Å². The molecule has 3 rings (SSSR count). The predicted molar refractivity (Wildman–Crippen MR) is 144 cm³/mol. The van der Waals surface area contributed by atoms with E-state index in [1.807, 2.05) is 37.4 Å². The molecule has 2 amide bonds. The number of fused-ring (bicyclic) bond motifs is 1. The van der Waals surface area contributed by atoms with Crippen molar-refractivity contribution < 1.29 is 14.8 Å². The second kappa shape index (κ2) is 12.7. The molecule has 2 N–H and O–H groups in total. The molecule has 0 fully saturated rings. The molecule has 0 aliphatic rings. The zero-order valence-corrected chi connectivity index (χ0v) is 21.7. The second-order valence-electron chi connectivity index (χ2n) is 9.21. The minimum atomic E-state index is -0.813. The smallest absolute Gasteiger partial charge is 0.338 e. The Hall–Kier alpha value is -2.87. The van der Waals surface area contributed by atoms with Crippen LogP contribution in [0.5, 0.6) is 0 Å². The first kappa shape index (κ1) is 26.7. The molecule has 2 atom stereocenters. The van der Waals surface area contributed by atoms with Crippen LogP contribution in [0.4, 0.5) is 5.69 Å². The molecule has 1 unspecified atom stereocenters. The van der Waals surface area contributed by atoms with Gasteiger partial charge in [0.1, 0.15) is 7.05 Å². The topological polar surface area (TPSA) is 79.3 Å². The number of hydrogen-bond acceptors (Lipinski definition) is 5. The highest BCUT2D eigenvalue weighted by Gasteiger charge is 2.23. The van der Waals surface area contributed by atoms with Gasteiger partial charge in [-0.05, 0) is 68.4 Å². The summed E-state index contributed by atoms with van der Waals surface area (Å²) in [6, 6.07) is 9.71. The Labute approximate surface area is 211 Å². The van der Waals surface area contributed by atoms with Crippen LogP contribution in [0.2, 0.25) is 0 Å². The second-order valence-corrected chi connectivity index (χ2v) is 10.3. The molecule has 2 heterocycles. The van der Waals surface area contributed by atoms with Gasteiger partial charge in [-0.1, -0.05) is 30.5 Å². The van der Waals surface area contributed by atoms with Crippen molar-refractivity contribution in [2.75, 3.05) is 7.05 Å². The van der Waals surface area contributed by atoms with Crippen molar-refractivity contribution in [3.05, 3.63) is 64.8 Å². The third-order valence-electron chi connectivity index (χ3n) is 6.16. The van der Waals surface area contributed by atoms with E-state index >= 15 is 0 Å². The van der Waals surface area contributed by atoms with Crippen LogP contribution < -0.4 is 9.96 Å². The number of pyridine rings is 1. The summed E-state index contributed by atoms with van der Waals surface area (Å²) >= 11 is 1.63. The van der Waals surface area contributed by atoms with E-state index in [2.05, 4.69) is 23.3 Å². The molecular weight excluding hydrogens is 458 g/mol. The zero-order chi connectivity index (χ0) is 25.3. The Kier molecular flexibility index (Phi) is 9.72. The first-order valence-electron chi connectivity index (χ1n) is 12.3. The van der Waals surface area contributed by atoms with Gasteiger partial charge in [-0.2, -0.15) is 0 Å². The quantitative estimate of drug-likeness (QED) is 0.0757. The molecule has 0 aliphatic carbocycles. The van der Waals surface area contributed by atoms with Crippen molar-refractivity contribution in [2.45, 2.75) is 64.8 Å². The Balaban J connectivity index is 1.69. The number of unbranched alkanes of at least 4 members (excludes halogenated alkanes) is 2. The third-order valence-corrected chi connectivity index (χ3v) is 7.34. The normalized spacial score (nSPS) is 14.2. The van der Waals surface area contributed by atoms with Crippen molar-refractivity contribution in [2.24, 2.45) is 0 Å². The summed E-state index contributed by atoms with van der Waals surface area (Å²) in [5.74, 6) is -0.0999. The van der Waals surface area contributed by atoms with Gasteiger partial charge >= 0.3 is 6.41 Å². The Morgan fingerprint density at radius 1 is 1.23 bits per heavy atom. The van der Waals surface area contributed by atoms with Crippen LogP contribution in [0, 0.1) is 0 Å². The number of amides is 2. The minimum absolute atomic E-state index is 0.0844. The number of thiophene rings is 1. The van der Waals surface area contributed by atoms with Crippen molar-refractivity contribution in [3.8, 4) is 0 Å². The van der Waals surface area contributed by atoms with Gasteiger partial charge < -0.3 is 5.32 Å². The number of carbonyl (C=O) groups excluding carboxylic acids is 2. The molecule has 0 saturated carbocycles. The Morgan fingerprint density at radius 3 is 2.77 bits per heavy atom. The Bertz CT molecular complexity index is 1150. The van der Waals surface area contributed by atoms with Crippen LogP contribution in [0.25, 0.3) is 16.2 Å². The van der Waals surface area contributed by atoms with E-state index in [4.69, 9.17) is 0 Å². The SMILES string of the molecule is CCCCCc1c(/C=C/C(=O)NC(C)CCCc2cccnc2)sc2ccc([N@@+](C)(O)C=O)cc12.